The van der Waals surface area contributed by atoms with E-state index >= 15 is 0 Å². The Balaban J connectivity index is 1.96. The monoisotopic (exact) mass is 248 g/mol. The van der Waals surface area contributed by atoms with Crippen LogP contribution in [0.2, 0.25) is 0 Å². The van der Waals surface area contributed by atoms with E-state index < -0.39 is 0 Å². The van der Waals surface area contributed by atoms with Crippen molar-refractivity contribution in [2.75, 3.05) is 26.4 Å². The lowest BCUT2D eigenvalue weighted by molar-refractivity contribution is 0.176. The first-order valence-electron chi connectivity index (χ1n) is 6.83. The van der Waals surface area contributed by atoms with E-state index in [9.17, 15) is 0 Å². The van der Waals surface area contributed by atoms with Crippen molar-refractivity contribution in [2.45, 2.75) is 38.1 Å². The molecule has 0 aromatic heterocycles. The van der Waals surface area contributed by atoms with Gasteiger partial charge in [0.05, 0.1) is 7.11 Å². The summed E-state index contributed by atoms with van der Waals surface area (Å²) in [6.45, 7) is 1.23. The molecule has 0 spiro atoms. The van der Waals surface area contributed by atoms with E-state index in [1.165, 1.54) is 37.8 Å². The number of hydrogen-bond acceptors (Lipinski definition) is 3. The molecule has 0 saturated carbocycles. The third-order valence-electron chi connectivity index (χ3n) is 4.02. The van der Waals surface area contributed by atoms with Gasteiger partial charge in [-0.3, -0.25) is 0 Å². The maximum absolute atomic E-state index is 6.03. The van der Waals surface area contributed by atoms with Gasteiger partial charge < -0.3 is 15.4 Å². The number of methoxy groups -OCH3 is 1. The summed E-state index contributed by atoms with van der Waals surface area (Å²) in [7, 11) is 3.93. The van der Waals surface area contributed by atoms with Crippen molar-refractivity contribution in [3.05, 3.63) is 23.8 Å². The van der Waals surface area contributed by atoms with Crippen molar-refractivity contribution in [3.63, 3.8) is 0 Å². The molecule has 18 heavy (non-hydrogen) atoms. The van der Waals surface area contributed by atoms with Gasteiger partial charge in [-0.1, -0.05) is 6.42 Å². The van der Waals surface area contributed by atoms with E-state index in [4.69, 9.17) is 10.5 Å². The summed E-state index contributed by atoms with van der Waals surface area (Å²) in [5, 5.41) is 0. The molecule has 3 heteroatoms. The number of nitrogen functional groups attached to an aromatic ring is 1. The van der Waals surface area contributed by atoms with Gasteiger partial charge in [0.25, 0.3) is 0 Å². The van der Waals surface area contributed by atoms with Crippen LogP contribution in [0.5, 0.6) is 5.75 Å². The molecule has 0 bridgehead atoms. The van der Waals surface area contributed by atoms with Crippen LogP contribution in [0, 0.1) is 0 Å². The number of piperidine rings is 1. The molecule has 0 aliphatic carbocycles. The average Bonchev–Trinajstić information content (AvgIpc) is 2.39. The van der Waals surface area contributed by atoms with Crippen molar-refractivity contribution in [3.8, 4) is 5.75 Å². The number of hydrogen-bond donors (Lipinski definition) is 1. The van der Waals surface area contributed by atoms with Gasteiger partial charge in [0.2, 0.25) is 0 Å². The van der Waals surface area contributed by atoms with E-state index in [0.717, 1.165) is 17.9 Å². The van der Waals surface area contributed by atoms with Gasteiger partial charge >= 0.3 is 0 Å². The number of benzene rings is 1. The summed E-state index contributed by atoms with van der Waals surface area (Å²) in [6.07, 6.45) is 6.25. The van der Waals surface area contributed by atoms with Crippen LogP contribution in [0.25, 0.3) is 0 Å². The van der Waals surface area contributed by atoms with Gasteiger partial charge in [0.1, 0.15) is 5.75 Å². The van der Waals surface area contributed by atoms with Crippen molar-refractivity contribution in [2.24, 2.45) is 0 Å². The third-order valence-corrected chi connectivity index (χ3v) is 4.02. The highest BCUT2D eigenvalue weighted by Gasteiger charge is 2.18. The normalized spacial score (nSPS) is 20.9. The quantitative estimate of drug-likeness (QED) is 0.833. The van der Waals surface area contributed by atoms with Crippen LogP contribution in [0.3, 0.4) is 0 Å². The van der Waals surface area contributed by atoms with Crippen molar-refractivity contribution >= 4 is 5.69 Å². The number of rotatable bonds is 4. The molecule has 1 atom stereocenters. The van der Waals surface area contributed by atoms with E-state index in [-0.39, 0.29) is 0 Å². The van der Waals surface area contributed by atoms with E-state index in [2.05, 4.69) is 18.0 Å². The molecule has 2 rings (SSSR count). The van der Waals surface area contributed by atoms with Crippen LogP contribution in [0.1, 0.15) is 31.2 Å². The molecule has 1 aliphatic rings. The molecule has 1 aliphatic heterocycles. The first-order chi connectivity index (χ1) is 8.70. The molecule has 1 fully saturated rings. The molecule has 3 nitrogen and oxygen atoms in total. The van der Waals surface area contributed by atoms with E-state index in [1.54, 1.807) is 7.11 Å². The van der Waals surface area contributed by atoms with Gasteiger partial charge in [-0.05, 0) is 63.0 Å². The van der Waals surface area contributed by atoms with Crippen LogP contribution in [0.4, 0.5) is 5.69 Å². The smallest absolute Gasteiger partial charge is 0.119 e. The highest BCUT2D eigenvalue weighted by atomic mass is 16.5. The van der Waals surface area contributed by atoms with Gasteiger partial charge in [0.15, 0.2) is 0 Å². The second-order valence-electron chi connectivity index (χ2n) is 5.23. The fourth-order valence-electron chi connectivity index (χ4n) is 2.76. The summed E-state index contributed by atoms with van der Waals surface area (Å²) >= 11 is 0. The second kappa shape index (κ2) is 6.10. The predicted molar refractivity (Wildman–Crippen MR) is 76.0 cm³/mol. The Kier molecular flexibility index (Phi) is 4.48. The number of nitrogens with zero attached hydrogens (tertiary/aromatic N) is 1. The standard InChI is InChI=1S/C15H24N2O/c1-17-10-4-3-5-13(17)7-6-12-11-14(18-2)8-9-15(12)16/h8-9,11,13H,3-7,10,16H2,1-2H3/t13-/m0/s1. The Morgan fingerprint density at radius 1 is 1.39 bits per heavy atom. The van der Waals surface area contributed by atoms with Gasteiger partial charge in [-0.2, -0.15) is 0 Å². The van der Waals surface area contributed by atoms with Crippen molar-refractivity contribution in [1.82, 2.24) is 4.90 Å². The largest absolute Gasteiger partial charge is 0.497 e. The van der Waals surface area contributed by atoms with E-state index in [1.807, 2.05) is 12.1 Å². The lowest BCUT2D eigenvalue weighted by Gasteiger charge is -2.32. The van der Waals surface area contributed by atoms with Crippen LogP contribution in [-0.2, 0) is 6.42 Å². The predicted octanol–water partition coefficient (Wildman–Crippen LogP) is 2.69. The Labute approximate surface area is 110 Å². The molecule has 1 heterocycles. The van der Waals surface area contributed by atoms with Crippen LogP contribution < -0.4 is 10.5 Å². The molecular weight excluding hydrogens is 224 g/mol. The number of nitrogens with two attached hydrogens (primary N) is 1. The molecule has 1 aromatic carbocycles. The summed E-state index contributed by atoms with van der Waals surface area (Å²) in [5.74, 6) is 0.899. The second-order valence-corrected chi connectivity index (χ2v) is 5.23. The van der Waals surface area contributed by atoms with Crippen LogP contribution in [0.15, 0.2) is 18.2 Å². The molecule has 0 unspecified atom stereocenters. The Hall–Kier alpha value is -1.22. The SMILES string of the molecule is COc1ccc(N)c(CC[C@@H]2CCCCN2C)c1. The summed E-state index contributed by atoms with van der Waals surface area (Å²) in [5.41, 5.74) is 8.12. The summed E-state index contributed by atoms with van der Waals surface area (Å²) in [4.78, 5) is 2.49. The first kappa shape index (κ1) is 13.2. The Morgan fingerprint density at radius 2 is 2.22 bits per heavy atom. The lowest BCUT2D eigenvalue weighted by Crippen LogP contribution is -2.36. The zero-order chi connectivity index (χ0) is 13.0. The number of ether oxygens (including phenoxy) is 1. The summed E-state index contributed by atoms with van der Waals surface area (Å²) < 4.78 is 5.26. The van der Waals surface area contributed by atoms with E-state index in [0.29, 0.717) is 6.04 Å². The van der Waals surface area contributed by atoms with Gasteiger partial charge in [-0.15, -0.1) is 0 Å². The third kappa shape index (κ3) is 3.16. The molecular formula is C15H24N2O. The Morgan fingerprint density at radius 3 is 2.94 bits per heavy atom. The highest BCUT2D eigenvalue weighted by Crippen LogP contribution is 2.24. The minimum atomic E-state index is 0.712. The number of anilines is 1. The zero-order valence-corrected chi connectivity index (χ0v) is 11.5. The molecule has 0 radical (unpaired) electrons. The van der Waals surface area contributed by atoms with Gasteiger partial charge in [0, 0.05) is 11.7 Å². The number of aryl methyl sites for hydroxylation is 1. The zero-order valence-electron chi connectivity index (χ0n) is 11.5. The minimum absolute atomic E-state index is 0.712. The fraction of sp³-hybridized carbons (Fsp3) is 0.600. The Bertz CT molecular complexity index is 392. The molecule has 1 aromatic rings. The summed E-state index contributed by atoms with van der Waals surface area (Å²) in [6, 6.07) is 6.65. The lowest BCUT2D eigenvalue weighted by atomic mass is 9.96. The maximum Gasteiger partial charge on any atom is 0.119 e. The average molecular weight is 248 g/mol. The van der Waals surface area contributed by atoms with Crippen LogP contribution in [-0.4, -0.2) is 31.6 Å². The first-order valence-corrected chi connectivity index (χ1v) is 6.83. The number of likely N-dealkylation sites (tertiary alicyclic amines) is 1. The molecule has 1 saturated heterocycles. The maximum atomic E-state index is 6.03. The van der Waals surface area contributed by atoms with Crippen LogP contribution >= 0.6 is 0 Å². The van der Waals surface area contributed by atoms with Gasteiger partial charge in [-0.25, -0.2) is 0 Å². The topological polar surface area (TPSA) is 38.5 Å². The molecule has 0 amide bonds. The molecule has 2 N–H and O–H groups in total. The minimum Gasteiger partial charge on any atom is -0.497 e. The van der Waals surface area contributed by atoms with Crippen molar-refractivity contribution in [1.29, 1.82) is 0 Å². The van der Waals surface area contributed by atoms with Crippen molar-refractivity contribution < 1.29 is 4.74 Å². The highest BCUT2D eigenvalue weighted by molar-refractivity contribution is 5.50. The fourth-order valence-corrected chi connectivity index (χ4v) is 2.76. The molecule has 100 valence electrons.